The minimum Gasteiger partial charge on any atom is -0.822 e. The third-order valence-electron chi connectivity index (χ3n) is 4.26. The maximum absolute atomic E-state index is 13.0. The molecule has 1 fully saturated rings. The van der Waals surface area contributed by atoms with Crippen molar-refractivity contribution < 1.29 is 9.90 Å². The highest BCUT2D eigenvalue weighted by Crippen LogP contribution is 2.33. The van der Waals surface area contributed by atoms with Crippen LogP contribution in [0, 0.1) is 0 Å². The van der Waals surface area contributed by atoms with Gasteiger partial charge in [-0.3, -0.25) is 9.69 Å². The fraction of sp³-hybridized carbons (Fsp3) is 0.278. The first kappa shape index (κ1) is 16.0. The normalized spacial score (nSPS) is 21.2. The zero-order valence-electron chi connectivity index (χ0n) is 12.9. The quantitative estimate of drug-likeness (QED) is 0.640. The van der Waals surface area contributed by atoms with E-state index in [1.54, 1.807) is 46.2 Å². The van der Waals surface area contributed by atoms with E-state index in [0.717, 1.165) is 0 Å². The summed E-state index contributed by atoms with van der Waals surface area (Å²) in [6.07, 6.45) is -0.363. The highest BCUT2D eigenvalue weighted by atomic mass is 35.5. The Balaban J connectivity index is 1.82. The van der Waals surface area contributed by atoms with Crippen molar-refractivity contribution in [3.63, 3.8) is 0 Å². The summed E-state index contributed by atoms with van der Waals surface area (Å²) in [4.78, 5) is 15.9. The van der Waals surface area contributed by atoms with Crippen molar-refractivity contribution in [3.05, 3.63) is 71.8 Å². The van der Waals surface area contributed by atoms with Gasteiger partial charge in [0.1, 0.15) is 0 Å². The summed E-state index contributed by atoms with van der Waals surface area (Å²) in [6.45, 7) is 2.77. The van der Waals surface area contributed by atoms with Crippen LogP contribution >= 0.6 is 11.6 Å². The molecule has 2 unspecified atom stereocenters. The van der Waals surface area contributed by atoms with Crippen molar-refractivity contribution in [2.24, 2.45) is 0 Å². The first-order chi connectivity index (χ1) is 11.0. The summed E-state index contributed by atoms with van der Waals surface area (Å²) < 4.78 is 0. The van der Waals surface area contributed by atoms with Crippen LogP contribution in [0.5, 0.6) is 0 Å². The average Bonchev–Trinajstić information content (AvgIpc) is 2.98. The maximum Gasteiger partial charge on any atom is 0.255 e. The molecule has 1 aliphatic heterocycles. The van der Waals surface area contributed by atoms with Gasteiger partial charge >= 0.3 is 0 Å². The lowest BCUT2D eigenvalue weighted by Gasteiger charge is -2.45. The number of nitrogens with zero attached hydrogens (tertiary/aromatic N) is 2. The van der Waals surface area contributed by atoms with Crippen LogP contribution in [0.4, 0.5) is 0 Å². The Morgan fingerprint density at radius 3 is 2.26 bits per heavy atom. The number of carbonyl (C=O) groups is 1. The van der Waals surface area contributed by atoms with E-state index >= 15 is 0 Å². The first-order valence-corrected chi connectivity index (χ1v) is 7.97. The predicted molar refractivity (Wildman–Crippen MR) is 87.6 cm³/mol. The molecule has 0 saturated carbocycles. The molecule has 2 aromatic rings. The molecule has 0 aromatic heterocycles. The summed E-state index contributed by atoms with van der Waals surface area (Å²) >= 11 is 6.31. The maximum atomic E-state index is 13.0. The fourth-order valence-electron chi connectivity index (χ4n) is 2.97. The van der Waals surface area contributed by atoms with E-state index in [9.17, 15) is 9.90 Å². The lowest BCUT2D eigenvalue weighted by atomic mass is 10.1. The number of hydrogen-bond donors (Lipinski definition) is 0. The predicted octanol–water partition coefficient (Wildman–Crippen LogP) is 2.20. The molecule has 23 heavy (non-hydrogen) atoms. The Kier molecular flexibility index (Phi) is 4.39. The van der Waals surface area contributed by atoms with Crippen molar-refractivity contribution in [2.45, 2.75) is 18.3 Å². The van der Waals surface area contributed by atoms with Gasteiger partial charge in [-0.2, -0.15) is 0 Å². The van der Waals surface area contributed by atoms with Crippen LogP contribution < -0.4 is 5.11 Å². The molecule has 0 radical (unpaired) electrons. The second-order valence-corrected chi connectivity index (χ2v) is 6.13. The lowest BCUT2D eigenvalue weighted by molar-refractivity contribution is -0.495. The number of hydrogen-bond acceptors (Lipinski definition) is 3. The van der Waals surface area contributed by atoms with Crippen LogP contribution in [0.2, 0.25) is 0 Å². The highest BCUT2D eigenvalue weighted by Gasteiger charge is 2.38. The molecular weight excluding hydrogens is 312 g/mol. The van der Waals surface area contributed by atoms with E-state index in [1.807, 2.05) is 31.2 Å². The van der Waals surface area contributed by atoms with Crippen LogP contribution in [-0.2, 0) is 5.18 Å². The summed E-state index contributed by atoms with van der Waals surface area (Å²) in [6, 6.07) is 17.9. The van der Waals surface area contributed by atoms with E-state index in [-0.39, 0.29) is 12.1 Å². The van der Waals surface area contributed by atoms with E-state index in [1.165, 1.54) is 0 Å². The fourth-order valence-corrected chi connectivity index (χ4v) is 3.32. The molecular formula is C18H18ClN2O2-. The van der Waals surface area contributed by atoms with Gasteiger partial charge in [0.15, 0.2) is 0 Å². The summed E-state index contributed by atoms with van der Waals surface area (Å²) in [5, 5.41) is 11.1. The standard InChI is InChI=1S/C18H18ClN2O2/c1-14-20(17(22)15-8-4-2-5-9-15)12-13-21(14)18(19,23)16-10-6-3-7-11-16/h2-11,14H,12-13H2,1H3/q-1. The second-order valence-electron chi connectivity index (χ2n) is 5.62. The molecule has 5 heteroatoms. The van der Waals surface area contributed by atoms with Gasteiger partial charge in [0.2, 0.25) is 0 Å². The molecule has 1 heterocycles. The third kappa shape index (κ3) is 2.98. The molecule has 0 N–H and O–H groups in total. The Morgan fingerprint density at radius 2 is 1.65 bits per heavy atom. The van der Waals surface area contributed by atoms with Gasteiger partial charge in [-0.25, -0.2) is 0 Å². The highest BCUT2D eigenvalue weighted by molar-refractivity contribution is 6.22. The number of alkyl halides is 1. The summed E-state index contributed by atoms with van der Waals surface area (Å²) in [7, 11) is 0. The van der Waals surface area contributed by atoms with Crippen LogP contribution in [0.15, 0.2) is 60.7 Å². The second kappa shape index (κ2) is 6.32. The number of rotatable bonds is 3. The van der Waals surface area contributed by atoms with Crippen molar-refractivity contribution >= 4 is 17.5 Å². The Labute approximate surface area is 140 Å². The first-order valence-electron chi connectivity index (χ1n) is 7.59. The minimum atomic E-state index is -1.88. The van der Waals surface area contributed by atoms with Gasteiger partial charge < -0.3 is 10.0 Å². The van der Waals surface area contributed by atoms with Gasteiger partial charge in [-0.05, 0) is 24.6 Å². The summed E-state index contributed by atoms with van der Waals surface area (Å²) in [5.74, 6) is -0.0823. The van der Waals surface area contributed by atoms with Crippen LogP contribution in [0.3, 0.4) is 0 Å². The van der Waals surface area contributed by atoms with E-state index < -0.39 is 5.18 Å². The van der Waals surface area contributed by atoms with Gasteiger partial charge in [-0.15, -0.1) is 11.6 Å². The Bertz CT molecular complexity index is 676. The van der Waals surface area contributed by atoms with Gasteiger partial charge in [0.05, 0.1) is 6.17 Å². The van der Waals surface area contributed by atoms with Gasteiger partial charge in [-0.1, -0.05) is 48.5 Å². The van der Waals surface area contributed by atoms with Gasteiger partial charge in [0.25, 0.3) is 5.91 Å². The number of benzene rings is 2. The molecule has 0 bridgehead atoms. The zero-order valence-corrected chi connectivity index (χ0v) is 13.6. The van der Waals surface area contributed by atoms with E-state index in [0.29, 0.717) is 24.2 Å². The average molecular weight is 330 g/mol. The van der Waals surface area contributed by atoms with Crippen LogP contribution in [0.25, 0.3) is 0 Å². The third-order valence-corrected chi connectivity index (χ3v) is 4.70. The van der Waals surface area contributed by atoms with Crippen molar-refractivity contribution in [3.8, 4) is 0 Å². The van der Waals surface area contributed by atoms with E-state index in [2.05, 4.69) is 0 Å². The van der Waals surface area contributed by atoms with Gasteiger partial charge in [0, 0.05) is 23.8 Å². The van der Waals surface area contributed by atoms with Crippen molar-refractivity contribution in [2.75, 3.05) is 13.1 Å². The van der Waals surface area contributed by atoms with Crippen LogP contribution in [-0.4, -0.2) is 35.0 Å². The Hall–Kier alpha value is -1.88. The molecule has 1 aliphatic rings. The molecule has 2 aromatic carbocycles. The molecule has 2 atom stereocenters. The van der Waals surface area contributed by atoms with Crippen molar-refractivity contribution in [1.82, 2.24) is 9.80 Å². The SMILES string of the molecule is CC1N(C(=O)c2ccccc2)CCN1C([O-])(Cl)c1ccccc1. The molecule has 0 aliphatic carbocycles. The molecule has 3 rings (SSSR count). The van der Waals surface area contributed by atoms with Crippen LogP contribution in [0.1, 0.15) is 22.8 Å². The topological polar surface area (TPSA) is 46.6 Å². The van der Waals surface area contributed by atoms with Crippen molar-refractivity contribution in [1.29, 1.82) is 0 Å². The monoisotopic (exact) mass is 329 g/mol. The number of halogens is 1. The smallest absolute Gasteiger partial charge is 0.255 e. The number of carbonyl (C=O) groups excluding carboxylic acids is 1. The number of amides is 1. The lowest BCUT2D eigenvalue weighted by Crippen LogP contribution is -2.55. The minimum absolute atomic E-state index is 0.0823. The zero-order chi connectivity index (χ0) is 16.4. The molecule has 120 valence electrons. The Morgan fingerprint density at radius 1 is 1.09 bits per heavy atom. The summed E-state index contributed by atoms with van der Waals surface area (Å²) in [5.41, 5.74) is 1.11. The molecule has 4 nitrogen and oxygen atoms in total. The molecule has 1 saturated heterocycles. The largest absolute Gasteiger partial charge is 0.822 e. The molecule has 1 amide bonds. The molecule has 0 spiro atoms. The van der Waals surface area contributed by atoms with E-state index in [4.69, 9.17) is 11.6 Å².